The molecule has 31 heavy (non-hydrogen) atoms. The van der Waals surface area contributed by atoms with Crippen LogP contribution in [-0.2, 0) is 4.79 Å². The van der Waals surface area contributed by atoms with Gasteiger partial charge in [0.2, 0.25) is 0 Å². The smallest absolute Gasteiger partial charge is 0.271 e. The number of hydrogen-bond acceptors (Lipinski definition) is 5. The van der Waals surface area contributed by atoms with Gasteiger partial charge in [-0.2, -0.15) is 0 Å². The molecule has 1 aliphatic heterocycles. The van der Waals surface area contributed by atoms with Gasteiger partial charge in [-0.05, 0) is 23.6 Å². The van der Waals surface area contributed by atoms with E-state index in [0.717, 1.165) is 11.1 Å². The molecule has 0 aromatic heterocycles. The van der Waals surface area contributed by atoms with Crippen molar-refractivity contribution in [1.82, 2.24) is 0 Å². The van der Waals surface area contributed by atoms with Gasteiger partial charge in [-0.3, -0.25) is 24.6 Å². The Morgan fingerprint density at radius 2 is 1.71 bits per heavy atom. The number of non-ortho nitro benzene ring substituents is 1. The Kier molecular flexibility index (Phi) is 5.49. The number of amides is 1. The lowest BCUT2D eigenvalue weighted by Crippen LogP contribution is -2.47. The summed E-state index contributed by atoms with van der Waals surface area (Å²) in [5.41, 5.74) is 2.54. The molecule has 3 aromatic carbocycles. The van der Waals surface area contributed by atoms with E-state index in [1.807, 2.05) is 42.5 Å². The highest BCUT2D eigenvalue weighted by atomic mass is 16.6. The second-order valence-electron chi connectivity index (χ2n) is 7.21. The van der Waals surface area contributed by atoms with Crippen LogP contribution in [0.1, 0.15) is 23.7 Å². The average molecular weight is 416 g/mol. The molecule has 156 valence electrons. The van der Waals surface area contributed by atoms with Gasteiger partial charge in [-0.25, -0.2) is 0 Å². The molecule has 0 radical (unpaired) electrons. The van der Waals surface area contributed by atoms with Crippen LogP contribution < -0.4 is 9.64 Å². The highest BCUT2D eigenvalue weighted by molar-refractivity contribution is 6.08. The number of rotatable bonds is 6. The van der Waals surface area contributed by atoms with Crippen LogP contribution in [0.3, 0.4) is 0 Å². The van der Waals surface area contributed by atoms with Crippen molar-refractivity contribution in [2.75, 3.05) is 11.4 Å². The zero-order chi connectivity index (χ0) is 22.0. The number of Topliss-reactive ketones (excluding diaryl/α,β-unsaturated/α-hetero) is 1. The summed E-state index contributed by atoms with van der Waals surface area (Å²) in [7, 11) is 0. The quantitative estimate of drug-likeness (QED) is 0.331. The van der Waals surface area contributed by atoms with Gasteiger partial charge in [-0.15, -0.1) is 0 Å². The van der Waals surface area contributed by atoms with E-state index in [4.69, 9.17) is 4.74 Å². The van der Waals surface area contributed by atoms with Crippen molar-refractivity contribution in [2.45, 2.75) is 19.4 Å². The Morgan fingerprint density at radius 1 is 1.03 bits per heavy atom. The zero-order valence-corrected chi connectivity index (χ0v) is 16.9. The second kappa shape index (κ2) is 8.39. The molecule has 0 saturated heterocycles. The number of ketones is 1. The summed E-state index contributed by atoms with van der Waals surface area (Å²) in [6.45, 7) is 1.58. The van der Waals surface area contributed by atoms with Crippen molar-refractivity contribution < 1.29 is 19.2 Å². The number of nitro groups is 1. The lowest BCUT2D eigenvalue weighted by atomic mass is 10.0. The molecular formula is C24H20N2O5. The third-order valence-electron chi connectivity index (χ3n) is 5.24. The normalized spacial score (nSPS) is 15.2. The van der Waals surface area contributed by atoms with Crippen molar-refractivity contribution in [1.29, 1.82) is 0 Å². The van der Waals surface area contributed by atoms with Gasteiger partial charge in [0.05, 0.1) is 17.2 Å². The van der Waals surface area contributed by atoms with Gasteiger partial charge in [0, 0.05) is 17.7 Å². The average Bonchev–Trinajstić information content (AvgIpc) is 2.81. The van der Waals surface area contributed by atoms with Gasteiger partial charge < -0.3 is 4.74 Å². The molecule has 0 spiro atoms. The predicted molar refractivity (Wildman–Crippen MR) is 116 cm³/mol. The van der Waals surface area contributed by atoms with E-state index in [1.54, 1.807) is 19.1 Å². The van der Waals surface area contributed by atoms with E-state index in [2.05, 4.69) is 0 Å². The van der Waals surface area contributed by atoms with Crippen molar-refractivity contribution in [3.05, 3.63) is 88.5 Å². The minimum Gasteiger partial charge on any atom is -0.478 e. The molecular weight excluding hydrogens is 396 g/mol. The van der Waals surface area contributed by atoms with E-state index < -0.39 is 11.0 Å². The number of benzene rings is 3. The summed E-state index contributed by atoms with van der Waals surface area (Å²) in [5.74, 6) is -0.295. The number of anilines is 1. The lowest BCUT2D eigenvalue weighted by Gasteiger charge is -2.33. The number of fused-ring (bicyclic) bond motifs is 1. The molecule has 1 atom stereocenters. The van der Waals surface area contributed by atoms with Crippen molar-refractivity contribution in [2.24, 2.45) is 0 Å². The summed E-state index contributed by atoms with van der Waals surface area (Å²) in [6, 6.07) is 21.0. The second-order valence-corrected chi connectivity index (χ2v) is 7.21. The van der Waals surface area contributed by atoms with Crippen LogP contribution in [0.4, 0.5) is 11.4 Å². The number of hydrogen-bond donors (Lipinski definition) is 0. The molecule has 7 heteroatoms. The maximum Gasteiger partial charge on any atom is 0.271 e. The fraction of sp³-hybridized carbons (Fsp3) is 0.167. The number of carbonyl (C=O) groups is 2. The first kappa shape index (κ1) is 20.3. The van der Waals surface area contributed by atoms with Crippen LogP contribution in [0.15, 0.2) is 72.8 Å². The van der Waals surface area contributed by atoms with Gasteiger partial charge in [-0.1, -0.05) is 61.5 Å². The lowest BCUT2D eigenvalue weighted by molar-refractivity contribution is -0.384. The van der Waals surface area contributed by atoms with E-state index in [-0.39, 0.29) is 29.6 Å². The van der Waals surface area contributed by atoms with Gasteiger partial charge in [0.15, 0.2) is 11.9 Å². The molecule has 1 unspecified atom stereocenters. The summed E-state index contributed by atoms with van der Waals surface area (Å²) in [4.78, 5) is 37.8. The van der Waals surface area contributed by atoms with Crippen LogP contribution >= 0.6 is 0 Å². The fourth-order valence-corrected chi connectivity index (χ4v) is 3.56. The Bertz CT molecular complexity index is 1140. The molecule has 1 amide bonds. The largest absolute Gasteiger partial charge is 0.478 e. The molecule has 0 bridgehead atoms. The maximum absolute atomic E-state index is 13.0. The number of ether oxygens (including phenoxy) is 1. The molecule has 1 heterocycles. The van der Waals surface area contributed by atoms with Crippen molar-refractivity contribution in [3.8, 4) is 16.9 Å². The van der Waals surface area contributed by atoms with Gasteiger partial charge in [0.25, 0.3) is 11.6 Å². The molecule has 4 rings (SSSR count). The van der Waals surface area contributed by atoms with Gasteiger partial charge in [0.1, 0.15) is 5.75 Å². The van der Waals surface area contributed by atoms with Crippen LogP contribution in [-0.4, -0.2) is 29.3 Å². The monoisotopic (exact) mass is 416 g/mol. The molecule has 0 N–H and O–H groups in total. The minimum absolute atomic E-state index is 0.172. The van der Waals surface area contributed by atoms with E-state index in [1.165, 1.54) is 23.1 Å². The molecule has 0 saturated carbocycles. The first-order chi connectivity index (χ1) is 15.0. The molecule has 1 aliphatic rings. The van der Waals surface area contributed by atoms with Crippen LogP contribution in [0.5, 0.6) is 5.75 Å². The first-order valence-electron chi connectivity index (χ1n) is 9.93. The van der Waals surface area contributed by atoms with Crippen LogP contribution in [0.25, 0.3) is 11.1 Å². The summed E-state index contributed by atoms with van der Waals surface area (Å²) in [5, 5.41) is 11.2. The third-order valence-corrected chi connectivity index (χ3v) is 5.24. The van der Waals surface area contributed by atoms with Gasteiger partial charge >= 0.3 is 0 Å². The Labute approximate surface area is 179 Å². The Balaban J connectivity index is 1.61. The summed E-state index contributed by atoms with van der Waals surface area (Å²) < 4.78 is 5.69. The molecule has 0 aliphatic carbocycles. The van der Waals surface area contributed by atoms with E-state index >= 15 is 0 Å². The predicted octanol–water partition coefficient (Wildman–Crippen LogP) is 4.65. The van der Waals surface area contributed by atoms with Crippen molar-refractivity contribution >= 4 is 23.1 Å². The number of nitrogens with zero attached hydrogens (tertiary/aromatic N) is 2. The number of nitro benzene ring substituents is 1. The molecule has 3 aromatic rings. The van der Waals surface area contributed by atoms with Crippen molar-refractivity contribution in [3.63, 3.8) is 0 Å². The fourth-order valence-electron chi connectivity index (χ4n) is 3.56. The Morgan fingerprint density at radius 3 is 2.35 bits per heavy atom. The third kappa shape index (κ3) is 4.02. The zero-order valence-electron chi connectivity index (χ0n) is 16.9. The summed E-state index contributed by atoms with van der Waals surface area (Å²) in [6.07, 6.45) is -0.312. The SMILES string of the molecule is CCC1Oc2ccc([N+](=O)[O-])cc2N(CC(=O)c2ccc(-c3ccccc3)cc2)C1=O. The van der Waals surface area contributed by atoms with Crippen LogP contribution in [0.2, 0.25) is 0 Å². The standard InChI is InChI=1S/C24H20N2O5/c1-2-22-24(28)25(20-14-19(26(29)30)12-13-23(20)31-22)15-21(27)18-10-8-17(9-11-18)16-6-4-3-5-7-16/h3-14,22H,2,15H2,1H3. The highest BCUT2D eigenvalue weighted by Gasteiger charge is 2.35. The summed E-state index contributed by atoms with van der Waals surface area (Å²) >= 11 is 0. The molecule has 7 nitrogen and oxygen atoms in total. The van der Waals surface area contributed by atoms with E-state index in [0.29, 0.717) is 17.7 Å². The Hall–Kier alpha value is -4.00. The topological polar surface area (TPSA) is 89.8 Å². The highest BCUT2D eigenvalue weighted by Crippen LogP contribution is 2.37. The maximum atomic E-state index is 13.0. The number of carbonyl (C=O) groups excluding carboxylic acids is 2. The van der Waals surface area contributed by atoms with E-state index in [9.17, 15) is 19.7 Å². The minimum atomic E-state index is -0.734. The van der Waals surface area contributed by atoms with Crippen LogP contribution in [0, 0.1) is 10.1 Å². The first-order valence-corrected chi connectivity index (χ1v) is 9.93. The molecule has 0 fully saturated rings.